The van der Waals surface area contributed by atoms with Crippen LogP contribution in [-0.2, 0) is 26.5 Å². The minimum Gasteiger partial charge on any atom is -0.427 e. The van der Waals surface area contributed by atoms with Gasteiger partial charge in [-0.05, 0) is 47.7 Å². The third-order valence-electron chi connectivity index (χ3n) is 5.04. The number of aromatic amines is 1. The fourth-order valence-corrected chi connectivity index (χ4v) is 4.17. The van der Waals surface area contributed by atoms with Crippen molar-refractivity contribution in [2.75, 3.05) is 6.61 Å². The number of hydrogen-bond donors (Lipinski definition) is 1. The number of H-pyrrole nitrogens is 1. The summed E-state index contributed by atoms with van der Waals surface area (Å²) < 4.78 is 11.8. The molecular weight excluding hydrogens is 362 g/mol. The van der Waals surface area contributed by atoms with Crippen LogP contribution in [0.4, 0.5) is 0 Å². The first-order valence-electron chi connectivity index (χ1n) is 9.27. The average Bonchev–Trinajstić information content (AvgIpc) is 3.03. The Morgan fingerprint density at radius 2 is 2.04 bits per heavy atom. The van der Waals surface area contributed by atoms with Gasteiger partial charge in [0.2, 0.25) is 0 Å². The molecule has 1 aliphatic heterocycles. The van der Waals surface area contributed by atoms with E-state index in [4.69, 9.17) is 21.1 Å². The number of fused-ring (bicyclic) bond motifs is 3. The highest BCUT2D eigenvalue weighted by atomic mass is 35.5. The molecule has 3 aromatic rings. The second kappa shape index (κ2) is 7.02. The molecular formula is C22H22ClNO3. The minimum absolute atomic E-state index is 0.340. The van der Waals surface area contributed by atoms with Crippen LogP contribution in [0.3, 0.4) is 0 Å². The van der Waals surface area contributed by atoms with E-state index < -0.39 is 5.79 Å². The van der Waals surface area contributed by atoms with Crippen LogP contribution in [0.2, 0.25) is 5.02 Å². The largest absolute Gasteiger partial charge is 0.427 e. The van der Waals surface area contributed by atoms with Crippen molar-refractivity contribution < 1.29 is 14.3 Å². The van der Waals surface area contributed by atoms with Crippen molar-refractivity contribution >= 4 is 28.5 Å². The number of aromatic nitrogens is 1. The summed E-state index contributed by atoms with van der Waals surface area (Å²) in [5.74, 6) is -1.38. The lowest BCUT2D eigenvalue weighted by molar-refractivity contribution is -0.247. The van der Waals surface area contributed by atoms with E-state index in [2.05, 4.69) is 24.0 Å². The number of esters is 1. The maximum atomic E-state index is 11.8. The van der Waals surface area contributed by atoms with E-state index in [1.807, 2.05) is 30.3 Å². The topological polar surface area (TPSA) is 51.3 Å². The standard InChI is InChI=1S/C22H22ClNO3/c1-3-12-22(27-14(2)25)21-18(11-13-26-22)20-17(5-4-6-19(20)24-21)15-7-9-16(23)10-8-15/h4-10,24H,3,11-13H2,1-2H3. The first kappa shape index (κ1) is 18.1. The molecule has 0 fully saturated rings. The van der Waals surface area contributed by atoms with Gasteiger partial charge in [-0.3, -0.25) is 4.79 Å². The van der Waals surface area contributed by atoms with E-state index >= 15 is 0 Å². The number of halogens is 1. The molecule has 27 heavy (non-hydrogen) atoms. The molecule has 0 saturated heterocycles. The van der Waals surface area contributed by atoms with Crippen molar-refractivity contribution in [2.24, 2.45) is 0 Å². The Bertz CT molecular complexity index is 993. The lowest BCUT2D eigenvalue weighted by Crippen LogP contribution is -2.39. The van der Waals surface area contributed by atoms with Crippen molar-refractivity contribution in [1.82, 2.24) is 4.98 Å². The van der Waals surface area contributed by atoms with E-state index in [-0.39, 0.29) is 5.97 Å². The van der Waals surface area contributed by atoms with Gasteiger partial charge in [0.05, 0.1) is 12.3 Å². The van der Waals surface area contributed by atoms with Gasteiger partial charge in [0, 0.05) is 29.3 Å². The van der Waals surface area contributed by atoms with Crippen LogP contribution in [-0.4, -0.2) is 17.6 Å². The van der Waals surface area contributed by atoms with Crippen molar-refractivity contribution in [3.8, 4) is 11.1 Å². The first-order chi connectivity index (χ1) is 13.0. The van der Waals surface area contributed by atoms with Gasteiger partial charge >= 0.3 is 5.97 Å². The highest BCUT2D eigenvalue weighted by Crippen LogP contribution is 2.43. The smallest absolute Gasteiger partial charge is 0.305 e. The Kier molecular flexibility index (Phi) is 4.70. The summed E-state index contributed by atoms with van der Waals surface area (Å²) in [6.07, 6.45) is 2.22. The van der Waals surface area contributed by atoms with E-state index in [1.54, 1.807) is 0 Å². The summed E-state index contributed by atoms with van der Waals surface area (Å²) in [6, 6.07) is 14.1. The van der Waals surface area contributed by atoms with Crippen molar-refractivity contribution in [2.45, 2.75) is 38.9 Å². The van der Waals surface area contributed by atoms with Gasteiger partial charge in [0.1, 0.15) is 0 Å². The number of carbonyl (C=O) groups excluding carboxylic acids is 1. The van der Waals surface area contributed by atoms with Crippen LogP contribution >= 0.6 is 11.6 Å². The summed E-state index contributed by atoms with van der Waals surface area (Å²) in [7, 11) is 0. The predicted octanol–water partition coefficient (Wildman–Crippen LogP) is 5.58. The monoisotopic (exact) mass is 383 g/mol. The van der Waals surface area contributed by atoms with Gasteiger partial charge in [-0.25, -0.2) is 0 Å². The van der Waals surface area contributed by atoms with E-state index in [0.29, 0.717) is 18.1 Å². The summed E-state index contributed by atoms with van der Waals surface area (Å²) in [5, 5.41) is 1.87. The number of carbonyl (C=O) groups is 1. The maximum Gasteiger partial charge on any atom is 0.305 e. The number of hydrogen-bond acceptors (Lipinski definition) is 3. The fraction of sp³-hybridized carbons (Fsp3) is 0.318. The zero-order valence-electron chi connectivity index (χ0n) is 15.5. The number of ether oxygens (including phenoxy) is 2. The summed E-state index contributed by atoms with van der Waals surface area (Å²) in [6.45, 7) is 4.00. The Hall–Kier alpha value is -2.30. The lowest BCUT2D eigenvalue weighted by Gasteiger charge is -2.36. The SMILES string of the molecule is CCCC1(OC(C)=O)OCCc2c1[nH]c1cccc(-c3ccc(Cl)cc3)c21. The van der Waals surface area contributed by atoms with Crippen LogP contribution in [0.25, 0.3) is 22.0 Å². The zero-order chi connectivity index (χ0) is 19.0. The van der Waals surface area contributed by atoms with Gasteiger partial charge in [-0.2, -0.15) is 0 Å². The quantitative estimate of drug-likeness (QED) is 0.598. The molecule has 4 rings (SSSR count). The van der Waals surface area contributed by atoms with Crippen LogP contribution in [0.5, 0.6) is 0 Å². The molecule has 0 spiro atoms. The molecule has 4 nitrogen and oxygen atoms in total. The van der Waals surface area contributed by atoms with E-state index in [1.165, 1.54) is 6.92 Å². The van der Waals surface area contributed by atoms with Crippen molar-refractivity contribution in [1.29, 1.82) is 0 Å². The Balaban J connectivity index is 1.94. The predicted molar refractivity (Wildman–Crippen MR) is 107 cm³/mol. The van der Waals surface area contributed by atoms with Crippen LogP contribution < -0.4 is 0 Å². The molecule has 1 atom stereocenters. The second-order valence-electron chi connectivity index (χ2n) is 6.91. The van der Waals surface area contributed by atoms with Gasteiger partial charge in [0.25, 0.3) is 5.79 Å². The molecule has 1 aliphatic rings. The second-order valence-corrected chi connectivity index (χ2v) is 7.35. The fourth-order valence-electron chi connectivity index (χ4n) is 4.04. The molecule has 2 aromatic carbocycles. The van der Waals surface area contributed by atoms with Gasteiger partial charge in [-0.15, -0.1) is 0 Å². The Labute approximate surface area is 163 Å². The van der Waals surface area contributed by atoms with Gasteiger partial charge in [0.15, 0.2) is 0 Å². The van der Waals surface area contributed by atoms with E-state index in [9.17, 15) is 4.79 Å². The average molecular weight is 384 g/mol. The molecule has 2 heterocycles. The van der Waals surface area contributed by atoms with Crippen molar-refractivity contribution in [3.63, 3.8) is 0 Å². The van der Waals surface area contributed by atoms with Crippen LogP contribution in [0, 0.1) is 0 Å². The van der Waals surface area contributed by atoms with Crippen molar-refractivity contribution in [3.05, 3.63) is 58.7 Å². The zero-order valence-corrected chi connectivity index (χ0v) is 16.2. The van der Waals surface area contributed by atoms with Crippen LogP contribution in [0.1, 0.15) is 37.9 Å². The summed E-state index contributed by atoms with van der Waals surface area (Å²) in [5.41, 5.74) is 5.29. The van der Waals surface area contributed by atoms with Crippen LogP contribution in [0.15, 0.2) is 42.5 Å². The molecule has 0 bridgehead atoms. The maximum absolute atomic E-state index is 11.8. The number of rotatable bonds is 4. The number of nitrogens with one attached hydrogen (secondary N) is 1. The van der Waals surface area contributed by atoms with Gasteiger partial charge < -0.3 is 14.5 Å². The Morgan fingerprint density at radius 3 is 2.74 bits per heavy atom. The summed E-state index contributed by atoms with van der Waals surface area (Å²) >= 11 is 6.06. The first-order valence-corrected chi connectivity index (χ1v) is 9.65. The third kappa shape index (κ3) is 3.13. The molecule has 1 N–H and O–H groups in total. The Morgan fingerprint density at radius 1 is 1.26 bits per heavy atom. The lowest BCUT2D eigenvalue weighted by atomic mass is 9.93. The van der Waals surface area contributed by atoms with E-state index in [0.717, 1.165) is 46.1 Å². The highest BCUT2D eigenvalue weighted by molar-refractivity contribution is 6.30. The number of benzene rings is 2. The molecule has 5 heteroatoms. The van der Waals surface area contributed by atoms with Gasteiger partial charge in [-0.1, -0.05) is 42.8 Å². The molecule has 0 saturated carbocycles. The molecule has 1 aromatic heterocycles. The molecule has 1 unspecified atom stereocenters. The molecule has 0 amide bonds. The molecule has 0 aliphatic carbocycles. The molecule has 0 radical (unpaired) electrons. The third-order valence-corrected chi connectivity index (χ3v) is 5.29. The molecule has 140 valence electrons. The highest BCUT2D eigenvalue weighted by Gasteiger charge is 2.43. The normalized spacial score (nSPS) is 19.1. The summed E-state index contributed by atoms with van der Waals surface area (Å²) in [4.78, 5) is 15.3. The minimum atomic E-state index is -1.04.